The fraction of sp³-hybridized carbons (Fsp3) is 0.417. The average molecular weight is 283 g/mol. The molecule has 7 heteroatoms. The van der Waals surface area contributed by atoms with E-state index >= 15 is 0 Å². The summed E-state index contributed by atoms with van der Waals surface area (Å²) in [6.07, 6.45) is -0.660. The minimum Gasteiger partial charge on any atom is -0.385 e. The van der Waals surface area contributed by atoms with Crippen LogP contribution in [-0.4, -0.2) is 44.4 Å². The second kappa shape index (κ2) is 5.28. The number of ether oxygens (including phenoxy) is 1. The van der Waals surface area contributed by atoms with Gasteiger partial charge in [-0.25, -0.2) is 8.42 Å². The van der Waals surface area contributed by atoms with E-state index in [9.17, 15) is 8.42 Å². The summed E-state index contributed by atoms with van der Waals surface area (Å²) in [5, 5.41) is 7.36. The Kier molecular flexibility index (Phi) is 3.88. The summed E-state index contributed by atoms with van der Waals surface area (Å²) in [5.74, 6) is -0.148. The van der Waals surface area contributed by atoms with Crippen LogP contribution in [0.1, 0.15) is 5.56 Å². The normalized spacial score (nSPS) is 21.2. The van der Waals surface area contributed by atoms with E-state index in [1.54, 1.807) is 31.2 Å². The highest BCUT2D eigenvalue weighted by atomic mass is 32.2. The van der Waals surface area contributed by atoms with E-state index in [1.807, 2.05) is 0 Å². The van der Waals surface area contributed by atoms with Gasteiger partial charge >= 0.3 is 0 Å². The lowest BCUT2D eigenvalue weighted by Gasteiger charge is -2.31. The van der Waals surface area contributed by atoms with E-state index in [1.165, 1.54) is 4.31 Å². The Morgan fingerprint density at radius 1 is 1.47 bits per heavy atom. The SMILES string of the molecule is Cc1ccccc1S(=O)(=O)N1CCOC(C(=N)N)C1. The summed E-state index contributed by atoms with van der Waals surface area (Å²) in [6.45, 7) is 2.37. The summed E-state index contributed by atoms with van der Waals surface area (Å²) < 4.78 is 31.7. The maximum absolute atomic E-state index is 12.5. The maximum atomic E-state index is 12.5. The molecule has 1 heterocycles. The molecule has 0 saturated carbocycles. The first kappa shape index (κ1) is 14.0. The number of aryl methyl sites for hydroxylation is 1. The maximum Gasteiger partial charge on any atom is 0.243 e. The molecule has 0 aliphatic carbocycles. The summed E-state index contributed by atoms with van der Waals surface area (Å²) >= 11 is 0. The van der Waals surface area contributed by atoms with Gasteiger partial charge < -0.3 is 10.5 Å². The van der Waals surface area contributed by atoms with Crippen LogP contribution in [0.4, 0.5) is 0 Å². The van der Waals surface area contributed by atoms with Gasteiger partial charge in [-0.2, -0.15) is 4.31 Å². The Morgan fingerprint density at radius 3 is 2.79 bits per heavy atom. The van der Waals surface area contributed by atoms with Crippen molar-refractivity contribution in [1.29, 1.82) is 5.41 Å². The number of sulfonamides is 1. The molecule has 1 saturated heterocycles. The van der Waals surface area contributed by atoms with Gasteiger partial charge in [0.2, 0.25) is 10.0 Å². The predicted octanol–water partition coefficient (Wildman–Crippen LogP) is 0.320. The molecule has 1 unspecified atom stereocenters. The molecule has 1 fully saturated rings. The minimum atomic E-state index is -3.56. The van der Waals surface area contributed by atoms with Crippen LogP contribution in [0.3, 0.4) is 0 Å². The van der Waals surface area contributed by atoms with Crippen molar-refractivity contribution in [3.63, 3.8) is 0 Å². The zero-order chi connectivity index (χ0) is 14.0. The highest BCUT2D eigenvalue weighted by Crippen LogP contribution is 2.21. The standard InChI is InChI=1S/C12H17N3O3S/c1-9-4-2-3-5-11(9)19(16,17)15-6-7-18-10(8-15)12(13)14/h2-5,10H,6-8H2,1H3,(H3,13,14). The van der Waals surface area contributed by atoms with Crippen molar-refractivity contribution in [1.82, 2.24) is 4.31 Å². The first-order chi connectivity index (χ1) is 8.93. The Hall–Kier alpha value is -1.44. The monoisotopic (exact) mass is 283 g/mol. The van der Waals surface area contributed by atoms with Gasteiger partial charge in [0.15, 0.2) is 0 Å². The van der Waals surface area contributed by atoms with Crippen LogP contribution in [0.15, 0.2) is 29.2 Å². The summed E-state index contributed by atoms with van der Waals surface area (Å²) in [7, 11) is -3.56. The molecule has 3 N–H and O–H groups in total. The second-order valence-electron chi connectivity index (χ2n) is 4.44. The largest absolute Gasteiger partial charge is 0.385 e. The predicted molar refractivity (Wildman–Crippen MR) is 71.6 cm³/mol. The molecule has 19 heavy (non-hydrogen) atoms. The Labute approximate surface area is 112 Å². The van der Waals surface area contributed by atoms with Crippen LogP contribution in [0.25, 0.3) is 0 Å². The number of morpholine rings is 1. The first-order valence-corrected chi connectivity index (χ1v) is 7.38. The number of rotatable bonds is 3. The van der Waals surface area contributed by atoms with Crippen molar-refractivity contribution in [2.45, 2.75) is 17.9 Å². The van der Waals surface area contributed by atoms with Gasteiger partial charge in [-0.15, -0.1) is 0 Å². The smallest absolute Gasteiger partial charge is 0.243 e. The number of amidine groups is 1. The number of nitrogens with two attached hydrogens (primary N) is 1. The molecule has 1 aliphatic heterocycles. The van der Waals surface area contributed by atoms with Crippen LogP contribution in [0, 0.1) is 12.3 Å². The van der Waals surface area contributed by atoms with E-state index < -0.39 is 16.1 Å². The van der Waals surface area contributed by atoms with Crippen molar-refractivity contribution >= 4 is 15.9 Å². The molecule has 1 atom stereocenters. The summed E-state index contributed by atoms with van der Waals surface area (Å²) in [4.78, 5) is 0.291. The number of nitrogens with zero attached hydrogens (tertiary/aromatic N) is 1. The molecule has 0 amide bonds. The van der Waals surface area contributed by atoms with Crippen molar-refractivity contribution in [3.8, 4) is 0 Å². The van der Waals surface area contributed by atoms with Crippen LogP contribution in [0.2, 0.25) is 0 Å². The van der Waals surface area contributed by atoms with Crippen LogP contribution in [0.5, 0.6) is 0 Å². The summed E-state index contributed by atoms with van der Waals surface area (Å²) in [6, 6.07) is 6.84. The number of hydrogen-bond acceptors (Lipinski definition) is 4. The third-order valence-electron chi connectivity index (χ3n) is 3.09. The molecule has 104 valence electrons. The molecule has 1 aliphatic rings. The lowest BCUT2D eigenvalue weighted by molar-refractivity contribution is 0.0368. The van der Waals surface area contributed by atoms with Gasteiger partial charge in [0.05, 0.1) is 11.5 Å². The zero-order valence-corrected chi connectivity index (χ0v) is 11.5. The quantitative estimate of drug-likeness (QED) is 0.617. The van der Waals surface area contributed by atoms with E-state index in [0.29, 0.717) is 10.5 Å². The Morgan fingerprint density at radius 2 is 2.16 bits per heavy atom. The van der Waals surface area contributed by atoms with Crippen molar-refractivity contribution in [2.75, 3.05) is 19.7 Å². The van der Waals surface area contributed by atoms with Gasteiger partial charge in [-0.05, 0) is 18.6 Å². The Bertz CT molecular complexity index is 586. The van der Waals surface area contributed by atoms with E-state index in [-0.39, 0.29) is 25.5 Å². The summed E-state index contributed by atoms with van der Waals surface area (Å²) in [5.41, 5.74) is 6.08. The fourth-order valence-corrected chi connectivity index (χ4v) is 3.67. The van der Waals surface area contributed by atoms with Gasteiger partial charge in [0.25, 0.3) is 0 Å². The van der Waals surface area contributed by atoms with E-state index in [0.717, 1.165) is 0 Å². The highest BCUT2D eigenvalue weighted by molar-refractivity contribution is 7.89. The van der Waals surface area contributed by atoms with Crippen LogP contribution >= 0.6 is 0 Å². The van der Waals surface area contributed by atoms with Gasteiger partial charge in [-0.3, -0.25) is 5.41 Å². The van der Waals surface area contributed by atoms with Gasteiger partial charge in [0.1, 0.15) is 11.9 Å². The van der Waals surface area contributed by atoms with Crippen LogP contribution < -0.4 is 5.73 Å². The molecular weight excluding hydrogens is 266 g/mol. The molecule has 1 aromatic rings. The van der Waals surface area contributed by atoms with Crippen molar-refractivity contribution in [3.05, 3.63) is 29.8 Å². The zero-order valence-electron chi connectivity index (χ0n) is 10.7. The lowest BCUT2D eigenvalue weighted by atomic mass is 10.2. The third kappa shape index (κ3) is 2.78. The van der Waals surface area contributed by atoms with Crippen molar-refractivity contribution < 1.29 is 13.2 Å². The minimum absolute atomic E-state index is 0.0893. The number of hydrogen-bond donors (Lipinski definition) is 2. The first-order valence-electron chi connectivity index (χ1n) is 5.94. The van der Waals surface area contributed by atoms with E-state index in [2.05, 4.69) is 0 Å². The van der Waals surface area contributed by atoms with E-state index in [4.69, 9.17) is 15.9 Å². The molecular formula is C12H17N3O3S. The molecule has 2 rings (SSSR count). The molecule has 0 aromatic heterocycles. The highest BCUT2D eigenvalue weighted by Gasteiger charge is 2.32. The molecule has 1 aromatic carbocycles. The van der Waals surface area contributed by atoms with Crippen molar-refractivity contribution in [2.24, 2.45) is 5.73 Å². The molecule has 0 radical (unpaired) electrons. The number of nitrogens with one attached hydrogen (secondary N) is 1. The topological polar surface area (TPSA) is 96.5 Å². The number of benzene rings is 1. The van der Waals surface area contributed by atoms with Crippen LogP contribution in [-0.2, 0) is 14.8 Å². The lowest BCUT2D eigenvalue weighted by Crippen LogP contribution is -2.50. The third-order valence-corrected chi connectivity index (χ3v) is 5.11. The van der Waals surface area contributed by atoms with Gasteiger partial charge in [0, 0.05) is 13.1 Å². The average Bonchev–Trinajstić information content (AvgIpc) is 2.39. The molecule has 6 nitrogen and oxygen atoms in total. The fourth-order valence-electron chi connectivity index (χ4n) is 2.02. The van der Waals surface area contributed by atoms with Gasteiger partial charge in [-0.1, -0.05) is 18.2 Å². The molecule has 0 bridgehead atoms. The second-order valence-corrected chi connectivity index (χ2v) is 6.35. The molecule has 0 spiro atoms. The Balaban J connectivity index is 2.30.